The molecule has 0 aliphatic carbocycles. The molecule has 0 spiro atoms. The smallest absolute Gasteiger partial charge is 0.207 e. The predicted octanol–water partition coefficient (Wildman–Crippen LogP) is 2.29. The normalized spacial score (nSPS) is 18.2. The molecule has 0 aromatic heterocycles. The second-order valence-electron chi connectivity index (χ2n) is 4.27. The molecule has 0 radical (unpaired) electrons. The molecule has 0 N–H and O–H groups in total. The van der Waals surface area contributed by atoms with Crippen molar-refractivity contribution in [2.75, 3.05) is 13.1 Å². The number of piperidine rings is 1. The van der Waals surface area contributed by atoms with Gasteiger partial charge in [0.15, 0.2) is 0 Å². The molecule has 0 atom stereocenters. The first kappa shape index (κ1) is 12.9. The number of rotatable bonds is 3. The zero-order valence-corrected chi connectivity index (χ0v) is 11.4. The SMILES string of the molecule is O=S(=O)(c1ccc(CS)cc1)N1CCCCC1. The Morgan fingerprint density at radius 2 is 1.65 bits per heavy atom. The molecule has 1 fully saturated rings. The highest BCUT2D eigenvalue weighted by atomic mass is 32.2. The summed E-state index contributed by atoms with van der Waals surface area (Å²) in [5, 5.41) is 0. The summed E-state index contributed by atoms with van der Waals surface area (Å²) >= 11 is 4.16. The number of nitrogens with zero attached hydrogens (tertiary/aromatic N) is 1. The molecule has 3 nitrogen and oxygen atoms in total. The van der Waals surface area contributed by atoms with Crippen molar-refractivity contribution in [3.8, 4) is 0 Å². The first-order chi connectivity index (χ1) is 8.14. The van der Waals surface area contributed by atoms with Crippen molar-refractivity contribution in [2.24, 2.45) is 0 Å². The van der Waals surface area contributed by atoms with Crippen LogP contribution in [0.15, 0.2) is 29.2 Å². The lowest BCUT2D eigenvalue weighted by atomic mass is 10.2. The van der Waals surface area contributed by atoms with Gasteiger partial charge in [-0.3, -0.25) is 0 Å². The van der Waals surface area contributed by atoms with Crippen LogP contribution >= 0.6 is 12.6 Å². The van der Waals surface area contributed by atoms with Crippen molar-refractivity contribution in [1.82, 2.24) is 4.31 Å². The van der Waals surface area contributed by atoms with E-state index < -0.39 is 10.0 Å². The van der Waals surface area contributed by atoms with Gasteiger partial charge < -0.3 is 0 Å². The van der Waals surface area contributed by atoms with E-state index in [0.29, 0.717) is 23.7 Å². The van der Waals surface area contributed by atoms with Gasteiger partial charge in [0.05, 0.1) is 4.90 Å². The van der Waals surface area contributed by atoms with E-state index >= 15 is 0 Å². The topological polar surface area (TPSA) is 37.4 Å². The highest BCUT2D eigenvalue weighted by Crippen LogP contribution is 2.21. The van der Waals surface area contributed by atoms with Crippen LogP contribution in [0.2, 0.25) is 0 Å². The van der Waals surface area contributed by atoms with E-state index in [1.165, 1.54) is 0 Å². The van der Waals surface area contributed by atoms with E-state index in [0.717, 1.165) is 24.8 Å². The molecule has 0 amide bonds. The molecule has 1 saturated heterocycles. The molecule has 1 aromatic rings. The van der Waals surface area contributed by atoms with Gasteiger partial charge in [-0.2, -0.15) is 16.9 Å². The lowest BCUT2D eigenvalue weighted by Gasteiger charge is -2.25. The van der Waals surface area contributed by atoms with Crippen LogP contribution in [0.25, 0.3) is 0 Å². The monoisotopic (exact) mass is 271 g/mol. The van der Waals surface area contributed by atoms with Crippen LogP contribution in [-0.2, 0) is 15.8 Å². The van der Waals surface area contributed by atoms with Crippen molar-refractivity contribution in [1.29, 1.82) is 0 Å². The first-order valence-electron chi connectivity index (χ1n) is 5.84. The van der Waals surface area contributed by atoms with Crippen LogP contribution in [0.5, 0.6) is 0 Å². The highest BCUT2D eigenvalue weighted by Gasteiger charge is 2.25. The fourth-order valence-corrected chi connectivity index (χ4v) is 3.75. The third-order valence-electron chi connectivity index (χ3n) is 3.06. The van der Waals surface area contributed by atoms with E-state index in [-0.39, 0.29) is 0 Å². The zero-order valence-electron chi connectivity index (χ0n) is 9.67. The van der Waals surface area contributed by atoms with Crippen LogP contribution in [0.3, 0.4) is 0 Å². The predicted molar refractivity (Wildman–Crippen MR) is 71.7 cm³/mol. The van der Waals surface area contributed by atoms with Crippen molar-refractivity contribution < 1.29 is 8.42 Å². The van der Waals surface area contributed by atoms with E-state index in [9.17, 15) is 8.42 Å². The number of sulfonamides is 1. The molecular formula is C12H17NO2S2. The zero-order chi connectivity index (χ0) is 12.3. The molecule has 94 valence electrons. The van der Waals surface area contributed by atoms with E-state index in [2.05, 4.69) is 12.6 Å². The van der Waals surface area contributed by atoms with Gasteiger partial charge in [-0.15, -0.1) is 0 Å². The summed E-state index contributed by atoms with van der Waals surface area (Å²) < 4.78 is 26.2. The quantitative estimate of drug-likeness (QED) is 0.857. The van der Waals surface area contributed by atoms with Crippen molar-refractivity contribution in [3.05, 3.63) is 29.8 Å². The molecule has 1 aromatic carbocycles. The number of thiol groups is 1. The van der Waals surface area contributed by atoms with Crippen molar-refractivity contribution >= 4 is 22.7 Å². The maximum absolute atomic E-state index is 12.3. The number of hydrogen-bond donors (Lipinski definition) is 1. The third kappa shape index (κ3) is 2.84. The van der Waals surface area contributed by atoms with Crippen molar-refractivity contribution in [3.63, 3.8) is 0 Å². The van der Waals surface area contributed by atoms with E-state index in [1.807, 2.05) is 12.1 Å². The Morgan fingerprint density at radius 3 is 2.18 bits per heavy atom. The van der Waals surface area contributed by atoms with Gasteiger partial charge >= 0.3 is 0 Å². The molecule has 17 heavy (non-hydrogen) atoms. The Labute approximate surface area is 108 Å². The molecule has 0 unspecified atom stereocenters. The average Bonchev–Trinajstić information content (AvgIpc) is 2.40. The minimum atomic E-state index is -3.28. The summed E-state index contributed by atoms with van der Waals surface area (Å²) in [5.74, 6) is 0.629. The van der Waals surface area contributed by atoms with Crippen molar-refractivity contribution in [2.45, 2.75) is 29.9 Å². The van der Waals surface area contributed by atoms with Gasteiger partial charge in [-0.05, 0) is 30.5 Å². The second kappa shape index (κ2) is 5.42. The van der Waals surface area contributed by atoms with Gasteiger partial charge in [0.2, 0.25) is 10.0 Å². The van der Waals surface area contributed by atoms with Crippen LogP contribution in [-0.4, -0.2) is 25.8 Å². The molecule has 0 saturated carbocycles. The lowest BCUT2D eigenvalue weighted by molar-refractivity contribution is 0.346. The maximum Gasteiger partial charge on any atom is 0.243 e. The number of benzene rings is 1. The Morgan fingerprint density at radius 1 is 1.06 bits per heavy atom. The van der Waals surface area contributed by atoms with Gasteiger partial charge in [0, 0.05) is 18.8 Å². The highest BCUT2D eigenvalue weighted by molar-refractivity contribution is 7.89. The Bertz CT molecular complexity index is 462. The number of hydrogen-bond acceptors (Lipinski definition) is 3. The standard InChI is InChI=1S/C12H17NO2S2/c14-17(15,13-8-2-1-3-9-13)12-6-4-11(10-16)5-7-12/h4-7,16H,1-3,8-10H2. The largest absolute Gasteiger partial charge is 0.243 e. The minimum Gasteiger partial charge on any atom is -0.207 e. The Hall–Kier alpha value is -0.520. The summed E-state index contributed by atoms with van der Waals surface area (Å²) in [7, 11) is -3.28. The lowest BCUT2D eigenvalue weighted by Crippen LogP contribution is -2.35. The summed E-state index contributed by atoms with van der Waals surface area (Å²) in [4.78, 5) is 0.393. The molecule has 5 heteroatoms. The van der Waals surface area contributed by atoms with Crippen LogP contribution in [0.1, 0.15) is 24.8 Å². The fourth-order valence-electron chi connectivity index (χ4n) is 2.02. The van der Waals surface area contributed by atoms with Crippen LogP contribution in [0.4, 0.5) is 0 Å². The first-order valence-corrected chi connectivity index (χ1v) is 7.92. The summed E-state index contributed by atoms with van der Waals surface area (Å²) in [6.45, 7) is 1.30. The van der Waals surface area contributed by atoms with E-state index in [1.54, 1.807) is 16.4 Å². The molecule has 1 aliphatic rings. The summed E-state index contributed by atoms with van der Waals surface area (Å²) in [5.41, 5.74) is 1.03. The third-order valence-corrected chi connectivity index (χ3v) is 5.34. The van der Waals surface area contributed by atoms with Crippen LogP contribution < -0.4 is 0 Å². The summed E-state index contributed by atoms with van der Waals surface area (Å²) in [6, 6.07) is 7.00. The van der Waals surface area contributed by atoms with Gasteiger partial charge in [0.1, 0.15) is 0 Å². The van der Waals surface area contributed by atoms with Gasteiger partial charge in [-0.1, -0.05) is 18.6 Å². The van der Waals surface area contributed by atoms with Gasteiger partial charge in [0.25, 0.3) is 0 Å². The maximum atomic E-state index is 12.3. The molecule has 0 bridgehead atoms. The second-order valence-corrected chi connectivity index (χ2v) is 6.52. The Balaban J connectivity index is 2.23. The average molecular weight is 271 g/mol. The van der Waals surface area contributed by atoms with E-state index in [4.69, 9.17) is 0 Å². The summed E-state index contributed by atoms with van der Waals surface area (Å²) in [6.07, 6.45) is 3.06. The van der Waals surface area contributed by atoms with Gasteiger partial charge in [-0.25, -0.2) is 8.42 Å². The molecule has 1 heterocycles. The molecular weight excluding hydrogens is 254 g/mol. The minimum absolute atomic E-state index is 0.393. The molecule has 1 aliphatic heterocycles. The molecule has 2 rings (SSSR count). The van der Waals surface area contributed by atoms with Crippen LogP contribution in [0, 0.1) is 0 Å². The Kier molecular flexibility index (Phi) is 4.12. The fraction of sp³-hybridized carbons (Fsp3) is 0.500.